The number of hydrogen-bond acceptors (Lipinski definition) is 9. The summed E-state index contributed by atoms with van der Waals surface area (Å²) in [5.74, 6) is -1.89. The molecule has 120 valence electrons. The van der Waals surface area contributed by atoms with E-state index in [2.05, 4.69) is 0 Å². The van der Waals surface area contributed by atoms with Gasteiger partial charge in [-0.1, -0.05) is 0 Å². The van der Waals surface area contributed by atoms with Gasteiger partial charge in [-0.15, -0.1) is 0 Å². The van der Waals surface area contributed by atoms with Crippen LogP contribution in [0, 0.1) is 0 Å². The molecular formula is C12H19NO8. The molecule has 5 atom stereocenters. The predicted octanol–water partition coefficient (Wildman–Crippen LogP) is -1.54. The van der Waals surface area contributed by atoms with Crippen LogP contribution in [0.5, 0.6) is 0 Å². The quantitative estimate of drug-likeness (QED) is 0.468. The van der Waals surface area contributed by atoms with Crippen LogP contribution in [0.1, 0.15) is 20.8 Å². The topological polar surface area (TPSA) is 134 Å². The van der Waals surface area contributed by atoms with Crippen LogP contribution in [0.25, 0.3) is 0 Å². The van der Waals surface area contributed by atoms with Crippen molar-refractivity contribution in [3.05, 3.63) is 0 Å². The van der Waals surface area contributed by atoms with Gasteiger partial charge >= 0.3 is 17.9 Å². The first-order valence-electron chi connectivity index (χ1n) is 6.29. The second kappa shape index (κ2) is 7.34. The fourth-order valence-corrected chi connectivity index (χ4v) is 1.95. The van der Waals surface area contributed by atoms with E-state index >= 15 is 0 Å². The highest BCUT2D eigenvalue weighted by Crippen LogP contribution is 2.24. The van der Waals surface area contributed by atoms with Crippen LogP contribution in [0.4, 0.5) is 0 Å². The molecule has 9 heteroatoms. The maximum Gasteiger partial charge on any atom is 0.303 e. The average Bonchev–Trinajstić information content (AvgIpc) is 2.35. The summed E-state index contributed by atoms with van der Waals surface area (Å²) in [5.41, 5.74) is 5.70. The molecule has 0 spiro atoms. The van der Waals surface area contributed by atoms with E-state index in [-0.39, 0.29) is 6.61 Å². The van der Waals surface area contributed by atoms with E-state index in [0.29, 0.717) is 0 Å². The first kappa shape index (κ1) is 17.3. The molecule has 0 bridgehead atoms. The summed E-state index contributed by atoms with van der Waals surface area (Å²) in [6, 6.07) is -1.10. The molecule has 1 aliphatic heterocycles. The normalized spacial score (nSPS) is 32.1. The molecule has 0 aromatic heterocycles. The van der Waals surface area contributed by atoms with Crippen molar-refractivity contribution in [1.82, 2.24) is 0 Å². The van der Waals surface area contributed by atoms with Gasteiger partial charge in [-0.3, -0.25) is 14.4 Å². The number of ether oxygens (including phenoxy) is 4. The number of aliphatic hydroxyl groups excluding tert-OH is 1. The number of carbonyl (C=O) groups excluding carboxylic acids is 3. The third kappa shape index (κ3) is 4.96. The Morgan fingerprint density at radius 2 is 1.57 bits per heavy atom. The Hall–Kier alpha value is -1.71. The molecule has 3 N–H and O–H groups in total. The third-order valence-electron chi connectivity index (χ3n) is 2.77. The minimum Gasteiger partial charge on any atom is -0.463 e. The molecule has 9 nitrogen and oxygen atoms in total. The zero-order valence-corrected chi connectivity index (χ0v) is 12.0. The summed E-state index contributed by atoms with van der Waals surface area (Å²) in [6.07, 6.45) is -4.67. The van der Waals surface area contributed by atoms with Crippen LogP contribution in [0.3, 0.4) is 0 Å². The van der Waals surface area contributed by atoms with Crippen molar-refractivity contribution in [3.63, 3.8) is 0 Å². The number of rotatable bonds is 4. The van der Waals surface area contributed by atoms with Gasteiger partial charge < -0.3 is 29.8 Å². The number of carbonyl (C=O) groups is 3. The maximum absolute atomic E-state index is 11.2. The Morgan fingerprint density at radius 3 is 2.05 bits per heavy atom. The van der Waals surface area contributed by atoms with Crippen molar-refractivity contribution in [2.45, 2.75) is 51.4 Å². The van der Waals surface area contributed by atoms with Gasteiger partial charge in [0.05, 0.1) is 6.04 Å². The molecule has 2 unspecified atom stereocenters. The molecule has 1 fully saturated rings. The van der Waals surface area contributed by atoms with Gasteiger partial charge in [0.1, 0.15) is 12.7 Å². The van der Waals surface area contributed by atoms with Gasteiger partial charge in [-0.05, 0) is 0 Å². The SMILES string of the molecule is CC(=O)OC[C@H]1OC(O)[C@H](N)[C@@H](OC(C)=O)C1OC(C)=O. The summed E-state index contributed by atoms with van der Waals surface area (Å²) in [7, 11) is 0. The smallest absolute Gasteiger partial charge is 0.303 e. The van der Waals surface area contributed by atoms with Gasteiger partial charge in [-0.25, -0.2) is 0 Å². The molecule has 21 heavy (non-hydrogen) atoms. The molecule has 0 aromatic carbocycles. The van der Waals surface area contributed by atoms with E-state index in [4.69, 9.17) is 24.7 Å². The number of hydrogen-bond donors (Lipinski definition) is 2. The number of nitrogens with two attached hydrogens (primary N) is 1. The molecular weight excluding hydrogens is 286 g/mol. The van der Waals surface area contributed by atoms with E-state index in [9.17, 15) is 19.5 Å². The third-order valence-corrected chi connectivity index (χ3v) is 2.77. The second-order valence-electron chi connectivity index (χ2n) is 4.59. The molecule has 0 saturated carbocycles. The van der Waals surface area contributed by atoms with E-state index in [0.717, 1.165) is 13.8 Å². The Bertz CT molecular complexity index is 412. The number of aliphatic hydroxyl groups is 1. The first-order valence-corrected chi connectivity index (χ1v) is 6.29. The van der Waals surface area contributed by atoms with Crippen molar-refractivity contribution in [1.29, 1.82) is 0 Å². The molecule has 0 aliphatic carbocycles. The van der Waals surface area contributed by atoms with Gasteiger partial charge in [-0.2, -0.15) is 0 Å². The molecule has 1 heterocycles. The minimum atomic E-state index is -1.46. The summed E-state index contributed by atoms with van der Waals surface area (Å²) in [6.45, 7) is 3.22. The van der Waals surface area contributed by atoms with E-state index in [1.807, 2.05) is 0 Å². The summed E-state index contributed by atoms with van der Waals surface area (Å²) in [5, 5.41) is 9.73. The highest BCUT2D eigenvalue weighted by molar-refractivity contribution is 5.67. The fraction of sp³-hybridized carbons (Fsp3) is 0.750. The van der Waals surface area contributed by atoms with Gasteiger partial charge in [0.2, 0.25) is 0 Å². The summed E-state index contributed by atoms with van der Waals surface area (Å²) >= 11 is 0. The fourth-order valence-electron chi connectivity index (χ4n) is 1.95. The lowest BCUT2D eigenvalue weighted by molar-refractivity contribution is -0.260. The summed E-state index contributed by atoms with van der Waals surface area (Å²) < 4.78 is 20.0. The van der Waals surface area contributed by atoms with Crippen molar-refractivity contribution >= 4 is 17.9 Å². The van der Waals surface area contributed by atoms with Gasteiger partial charge in [0.25, 0.3) is 0 Å². The van der Waals surface area contributed by atoms with Crippen LogP contribution >= 0.6 is 0 Å². The lowest BCUT2D eigenvalue weighted by atomic mass is 9.97. The standard InChI is InChI=1S/C12H19NO8/c1-5(14)18-4-8-10(19-6(2)15)11(20-7(3)16)9(13)12(17)21-8/h8-12,17H,4,13H2,1-3H3/t8-,9-,10?,11-,12?/m1/s1. The van der Waals surface area contributed by atoms with Gasteiger partial charge in [0.15, 0.2) is 18.5 Å². The highest BCUT2D eigenvalue weighted by atomic mass is 16.7. The van der Waals surface area contributed by atoms with Crippen molar-refractivity contribution < 1.29 is 38.4 Å². The number of esters is 3. The largest absolute Gasteiger partial charge is 0.463 e. The molecule has 0 aromatic rings. The zero-order valence-electron chi connectivity index (χ0n) is 12.0. The predicted molar refractivity (Wildman–Crippen MR) is 66.6 cm³/mol. The Morgan fingerprint density at radius 1 is 1.05 bits per heavy atom. The van der Waals surface area contributed by atoms with Crippen molar-refractivity contribution in [2.75, 3.05) is 6.61 Å². The van der Waals surface area contributed by atoms with Crippen LogP contribution in [0.2, 0.25) is 0 Å². The lowest BCUT2D eigenvalue weighted by Gasteiger charge is -2.41. The Kier molecular flexibility index (Phi) is 6.06. The molecule has 1 rings (SSSR count). The van der Waals surface area contributed by atoms with Gasteiger partial charge in [0, 0.05) is 20.8 Å². The molecule has 0 amide bonds. The Balaban J connectivity index is 2.94. The van der Waals surface area contributed by atoms with Crippen LogP contribution in [-0.2, 0) is 33.3 Å². The van der Waals surface area contributed by atoms with Crippen molar-refractivity contribution in [2.24, 2.45) is 5.73 Å². The average molecular weight is 305 g/mol. The van der Waals surface area contributed by atoms with Crippen LogP contribution in [-0.4, -0.2) is 60.3 Å². The van der Waals surface area contributed by atoms with Crippen molar-refractivity contribution in [3.8, 4) is 0 Å². The first-order chi connectivity index (χ1) is 9.72. The maximum atomic E-state index is 11.2. The highest BCUT2D eigenvalue weighted by Gasteiger charge is 2.48. The summed E-state index contributed by atoms with van der Waals surface area (Å²) in [4.78, 5) is 33.2. The molecule has 0 radical (unpaired) electrons. The van der Waals surface area contributed by atoms with E-state index < -0.39 is 48.6 Å². The van der Waals surface area contributed by atoms with Crippen LogP contribution in [0.15, 0.2) is 0 Å². The van der Waals surface area contributed by atoms with E-state index in [1.165, 1.54) is 6.92 Å². The lowest BCUT2D eigenvalue weighted by Crippen LogP contribution is -2.64. The monoisotopic (exact) mass is 305 g/mol. The van der Waals surface area contributed by atoms with Crippen LogP contribution < -0.4 is 5.73 Å². The zero-order chi connectivity index (χ0) is 16.2. The minimum absolute atomic E-state index is 0.283. The second-order valence-corrected chi connectivity index (χ2v) is 4.59. The Labute approximate surface area is 121 Å². The van der Waals surface area contributed by atoms with E-state index in [1.54, 1.807) is 0 Å². The molecule has 1 aliphatic rings. The molecule has 1 saturated heterocycles.